The summed E-state index contributed by atoms with van der Waals surface area (Å²) in [4.78, 5) is 23.1. The fourth-order valence-electron chi connectivity index (χ4n) is 3.28. The van der Waals surface area contributed by atoms with Crippen LogP contribution in [-0.2, 0) is 4.74 Å². The van der Waals surface area contributed by atoms with Gasteiger partial charge in [-0.1, -0.05) is 30.3 Å². The lowest BCUT2D eigenvalue weighted by molar-refractivity contribution is -0.0864. The third-order valence-corrected chi connectivity index (χ3v) is 4.85. The highest BCUT2D eigenvalue weighted by Gasteiger charge is 2.40. The lowest BCUT2D eigenvalue weighted by Gasteiger charge is -2.38. The summed E-state index contributed by atoms with van der Waals surface area (Å²) in [6.45, 7) is 1.19. The van der Waals surface area contributed by atoms with Crippen LogP contribution in [-0.4, -0.2) is 47.0 Å². The van der Waals surface area contributed by atoms with Gasteiger partial charge in [-0.15, -0.1) is 0 Å². The lowest BCUT2D eigenvalue weighted by atomic mass is 10.0. The highest BCUT2D eigenvalue weighted by atomic mass is 16.5. The predicted octanol–water partition coefficient (Wildman–Crippen LogP) is 2.51. The van der Waals surface area contributed by atoms with Gasteiger partial charge in [0.25, 0.3) is 5.91 Å². The Balaban J connectivity index is 1.55. The van der Waals surface area contributed by atoms with Gasteiger partial charge in [0.1, 0.15) is 6.10 Å². The van der Waals surface area contributed by atoms with Crippen molar-refractivity contribution in [1.29, 1.82) is 0 Å². The van der Waals surface area contributed by atoms with Gasteiger partial charge in [0.15, 0.2) is 0 Å². The maximum atomic E-state index is 12.9. The van der Waals surface area contributed by atoms with E-state index in [1.165, 1.54) is 12.8 Å². The summed E-state index contributed by atoms with van der Waals surface area (Å²) in [5.74, 6) is 1.05. The molecule has 25 heavy (non-hydrogen) atoms. The Hall–Kier alpha value is -2.47. The molecule has 2 fully saturated rings. The molecule has 2 heterocycles. The fourth-order valence-corrected chi connectivity index (χ4v) is 3.28. The van der Waals surface area contributed by atoms with E-state index in [-0.39, 0.29) is 18.1 Å². The van der Waals surface area contributed by atoms with Gasteiger partial charge in [-0.2, -0.15) is 0 Å². The summed E-state index contributed by atoms with van der Waals surface area (Å²) < 4.78 is 6.31. The van der Waals surface area contributed by atoms with Gasteiger partial charge in [0.05, 0.1) is 18.2 Å². The number of nitrogens with zero attached hydrogens (tertiary/aromatic N) is 3. The molecule has 1 aromatic heterocycles. The largest absolute Gasteiger partial charge is 0.366 e. The molecule has 0 radical (unpaired) electrons. The molecule has 1 N–H and O–H groups in total. The monoisotopic (exact) mass is 338 g/mol. The molecular weight excluding hydrogens is 316 g/mol. The van der Waals surface area contributed by atoms with Gasteiger partial charge in [-0.3, -0.25) is 4.79 Å². The van der Waals surface area contributed by atoms with Crippen LogP contribution in [0.5, 0.6) is 0 Å². The second kappa shape index (κ2) is 6.80. The van der Waals surface area contributed by atoms with Crippen molar-refractivity contribution in [3.63, 3.8) is 0 Å². The van der Waals surface area contributed by atoms with Crippen LogP contribution in [0.15, 0.2) is 42.7 Å². The topological polar surface area (TPSA) is 67.4 Å². The third-order valence-electron chi connectivity index (χ3n) is 4.85. The maximum absolute atomic E-state index is 12.9. The van der Waals surface area contributed by atoms with E-state index in [2.05, 4.69) is 27.4 Å². The molecule has 1 amide bonds. The Bertz CT molecular complexity index is 731. The van der Waals surface area contributed by atoms with Crippen molar-refractivity contribution in [2.24, 2.45) is 5.92 Å². The number of ether oxygens (including phenoxy) is 1. The van der Waals surface area contributed by atoms with Crippen LogP contribution in [0.1, 0.15) is 34.9 Å². The number of nitrogens with one attached hydrogen (secondary N) is 1. The third kappa shape index (κ3) is 3.49. The number of rotatable bonds is 4. The van der Waals surface area contributed by atoms with Gasteiger partial charge in [-0.05, 0) is 24.3 Å². The molecule has 0 spiro atoms. The van der Waals surface area contributed by atoms with E-state index in [9.17, 15) is 4.79 Å². The van der Waals surface area contributed by atoms with Crippen LogP contribution in [0, 0.1) is 5.92 Å². The van der Waals surface area contributed by atoms with Crippen molar-refractivity contribution < 1.29 is 9.53 Å². The van der Waals surface area contributed by atoms with Crippen molar-refractivity contribution in [3.05, 3.63) is 53.9 Å². The van der Waals surface area contributed by atoms with Crippen molar-refractivity contribution in [1.82, 2.24) is 14.9 Å². The normalized spacial score (nSPS) is 23.3. The lowest BCUT2D eigenvalue weighted by Crippen LogP contribution is -2.47. The molecule has 130 valence electrons. The molecule has 2 atom stereocenters. The van der Waals surface area contributed by atoms with E-state index in [0.29, 0.717) is 30.5 Å². The van der Waals surface area contributed by atoms with Crippen LogP contribution < -0.4 is 5.32 Å². The zero-order valence-corrected chi connectivity index (χ0v) is 14.3. The Kier molecular flexibility index (Phi) is 4.36. The van der Waals surface area contributed by atoms with Gasteiger partial charge < -0.3 is 15.0 Å². The van der Waals surface area contributed by atoms with Gasteiger partial charge in [0.2, 0.25) is 5.95 Å². The summed E-state index contributed by atoms with van der Waals surface area (Å²) in [5, 5.41) is 2.86. The zero-order valence-electron chi connectivity index (χ0n) is 14.3. The molecule has 0 bridgehead atoms. The van der Waals surface area contributed by atoms with E-state index >= 15 is 0 Å². The molecule has 1 aromatic carbocycles. The average Bonchev–Trinajstić information content (AvgIpc) is 3.53. The fraction of sp³-hybridized carbons (Fsp3) is 0.421. The standard InChI is InChI=1S/C19H22N4O2/c1-20-19-21-9-15(10-22-19)18(24)23-11-16(13-5-3-2-4-6-13)25-17(12-23)14-7-8-14/h2-6,9-10,14,16-17H,7-8,11-12H2,1H3,(H,20,21,22)/t16-,17+/m0/s1. The smallest absolute Gasteiger partial charge is 0.257 e. The predicted molar refractivity (Wildman–Crippen MR) is 94.3 cm³/mol. The van der Waals surface area contributed by atoms with Crippen molar-refractivity contribution in [2.75, 3.05) is 25.5 Å². The molecule has 1 saturated heterocycles. The number of hydrogen-bond acceptors (Lipinski definition) is 5. The number of benzene rings is 1. The number of amides is 1. The summed E-state index contributed by atoms with van der Waals surface area (Å²) in [7, 11) is 1.75. The number of hydrogen-bond donors (Lipinski definition) is 1. The van der Waals surface area contributed by atoms with Crippen molar-refractivity contribution in [2.45, 2.75) is 25.0 Å². The molecule has 0 unspecified atom stereocenters. The molecule has 6 heteroatoms. The molecule has 4 rings (SSSR count). The number of anilines is 1. The first-order valence-corrected chi connectivity index (χ1v) is 8.74. The minimum Gasteiger partial charge on any atom is -0.366 e. The first-order chi connectivity index (χ1) is 12.2. The quantitative estimate of drug-likeness (QED) is 0.928. The first kappa shape index (κ1) is 16.0. The van der Waals surface area contributed by atoms with Crippen LogP contribution in [0.25, 0.3) is 0 Å². The van der Waals surface area contributed by atoms with E-state index in [1.54, 1.807) is 19.4 Å². The number of morpholine rings is 1. The van der Waals surface area contributed by atoms with Crippen LogP contribution in [0.2, 0.25) is 0 Å². The average molecular weight is 338 g/mol. The zero-order chi connectivity index (χ0) is 17.2. The maximum Gasteiger partial charge on any atom is 0.257 e. The Morgan fingerprint density at radius 2 is 1.88 bits per heavy atom. The second-order valence-electron chi connectivity index (χ2n) is 6.67. The molecule has 1 saturated carbocycles. The van der Waals surface area contributed by atoms with Crippen LogP contribution in [0.4, 0.5) is 5.95 Å². The molecule has 6 nitrogen and oxygen atoms in total. The highest BCUT2D eigenvalue weighted by molar-refractivity contribution is 5.93. The molecule has 2 aliphatic rings. The minimum absolute atomic E-state index is 0.0301. The van der Waals surface area contributed by atoms with E-state index in [1.807, 2.05) is 23.1 Å². The van der Waals surface area contributed by atoms with Crippen LogP contribution in [0.3, 0.4) is 0 Å². The number of aromatic nitrogens is 2. The summed E-state index contributed by atoms with van der Waals surface area (Å²) in [6.07, 6.45) is 5.57. The Morgan fingerprint density at radius 1 is 1.16 bits per heavy atom. The van der Waals surface area contributed by atoms with Crippen LogP contribution >= 0.6 is 0 Å². The van der Waals surface area contributed by atoms with E-state index < -0.39 is 0 Å². The van der Waals surface area contributed by atoms with Gasteiger partial charge in [-0.25, -0.2) is 9.97 Å². The van der Waals surface area contributed by atoms with Crippen molar-refractivity contribution >= 4 is 11.9 Å². The number of carbonyl (C=O) groups excluding carboxylic acids is 1. The first-order valence-electron chi connectivity index (χ1n) is 8.74. The van der Waals surface area contributed by atoms with Gasteiger partial charge in [0, 0.05) is 26.0 Å². The molecule has 1 aliphatic carbocycles. The Labute approximate surface area is 147 Å². The molecular formula is C19H22N4O2. The Morgan fingerprint density at radius 3 is 2.52 bits per heavy atom. The van der Waals surface area contributed by atoms with E-state index in [4.69, 9.17) is 4.74 Å². The van der Waals surface area contributed by atoms with Crippen molar-refractivity contribution in [3.8, 4) is 0 Å². The van der Waals surface area contributed by atoms with Gasteiger partial charge >= 0.3 is 0 Å². The summed E-state index contributed by atoms with van der Waals surface area (Å²) in [5.41, 5.74) is 1.63. The number of carbonyl (C=O) groups is 1. The molecule has 2 aromatic rings. The SMILES string of the molecule is CNc1ncc(C(=O)N2C[C@@H](c3ccccc3)O[C@@H](C3CC3)C2)cn1. The summed E-state index contributed by atoms with van der Waals surface area (Å²) >= 11 is 0. The minimum atomic E-state index is -0.0815. The second-order valence-corrected chi connectivity index (χ2v) is 6.67. The molecule has 1 aliphatic heterocycles. The van der Waals surface area contributed by atoms with E-state index in [0.717, 1.165) is 5.56 Å². The summed E-state index contributed by atoms with van der Waals surface area (Å²) in [6, 6.07) is 10.1. The highest BCUT2D eigenvalue weighted by Crippen LogP contribution is 2.39.